The van der Waals surface area contributed by atoms with Crippen molar-refractivity contribution in [2.24, 2.45) is 0 Å². The van der Waals surface area contributed by atoms with Gasteiger partial charge in [-0.05, 0) is 59.4 Å². The van der Waals surface area contributed by atoms with E-state index in [-0.39, 0.29) is 17.2 Å². The van der Waals surface area contributed by atoms with Gasteiger partial charge in [-0.3, -0.25) is 0 Å². The van der Waals surface area contributed by atoms with Gasteiger partial charge in [-0.2, -0.15) is 0 Å². The number of phenolic OH excluding ortho intramolecular Hbond substituents is 3. The van der Waals surface area contributed by atoms with E-state index in [1.165, 1.54) is 6.07 Å². The molecular formula is C18H20O3. The van der Waals surface area contributed by atoms with Crippen molar-refractivity contribution in [1.82, 2.24) is 0 Å². The zero-order chi connectivity index (χ0) is 15.4. The molecule has 0 heterocycles. The van der Waals surface area contributed by atoms with Crippen LogP contribution in [0.3, 0.4) is 0 Å². The SMILES string of the molecule is CC/C(=C(/CC)c1cc(O)cc(O)c1)c1ccc(O)cc1. The molecule has 0 aliphatic heterocycles. The minimum atomic E-state index is 0.0529. The molecule has 2 rings (SSSR count). The van der Waals surface area contributed by atoms with Crippen molar-refractivity contribution in [1.29, 1.82) is 0 Å². The molecule has 110 valence electrons. The summed E-state index contributed by atoms with van der Waals surface area (Å²) < 4.78 is 0. The first kappa shape index (κ1) is 15.0. The Morgan fingerprint density at radius 2 is 1.14 bits per heavy atom. The van der Waals surface area contributed by atoms with Gasteiger partial charge in [-0.25, -0.2) is 0 Å². The summed E-state index contributed by atoms with van der Waals surface area (Å²) >= 11 is 0. The van der Waals surface area contributed by atoms with Crippen molar-refractivity contribution in [2.45, 2.75) is 26.7 Å². The molecule has 21 heavy (non-hydrogen) atoms. The van der Waals surface area contributed by atoms with Gasteiger partial charge in [0.15, 0.2) is 0 Å². The van der Waals surface area contributed by atoms with Crippen LogP contribution in [0.2, 0.25) is 0 Å². The van der Waals surface area contributed by atoms with Gasteiger partial charge in [0.25, 0.3) is 0 Å². The third-order valence-electron chi connectivity index (χ3n) is 3.54. The summed E-state index contributed by atoms with van der Waals surface area (Å²) in [5.74, 6) is 0.344. The largest absolute Gasteiger partial charge is 0.508 e. The fraction of sp³-hybridized carbons (Fsp3) is 0.222. The van der Waals surface area contributed by atoms with Crippen LogP contribution in [0.5, 0.6) is 17.2 Å². The maximum Gasteiger partial charge on any atom is 0.119 e. The molecule has 2 aromatic rings. The van der Waals surface area contributed by atoms with Crippen LogP contribution in [0.1, 0.15) is 37.8 Å². The average molecular weight is 284 g/mol. The van der Waals surface area contributed by atoms with Gasteiger partial charge in [0.1, 0.15) is 17.2 Å². The lowest BCUT2D eigenvalue weighted by Gasteiger charge is -2.15. The van der Waals surface area contributed by atoms with Gasteiger partial charge in [0, 0.05) is 6.07 Å². The van der Waals surface area contributed by atoms with Gasteiger partial charge in [-0.1, -0.05) is 26.0 Å². The van der Waals surface area contributed by atoms with Crippen LogP contribution in [0.15, 0.2) is 42.5 Å². The van der Waals surface area contributed by atoms with Crippen molar-refractivity contribution in [3.63, 3.8) is 0 Å². The Morgan fingerprint density at radius 1 is 0.667 bits per heavy atom. The first-order valence-corrected chi connectivity index (χ1v) is 7.10. The van der Waals surface area contributed by atoms with Gasteiger partial charge in [0.05, 0.1) is 0 Å². The van der Waals surface area contributed by atoms with E-state index in [2.05, 4.69) is 6.92 Å². The maximum atomic E-state index is 9.68. The van der Waals surface area contributed by atoms with Crippen molar-refractivity contribution in [2.75, 3.05) is 0 Å². The van der Waals surface area contributed by atoms with Gasteiger partial charge >= 0.3 is 0 Å². The molecule has 0 amide bonds. The smallest absolute Gasteiger partial charge is 0.119 e. The summed E-state index contributed by atoms with van der Waals surface area (Å²) in [6, 6.07) is 11.7. The Morgan fingerprint density at radius 3 is 1.62 bits per heavy atom. The van der Waals surface area contributed by atoms with E-state index in [4.69, 9.17) is 0 Å². The van der Waals surface area contributed by atoms with Crippen LogP contribution in [0, 0.1) is 0 Å². The Hall–Kier alpha value is -2.42. The Bertz CT molecular complexity index is 634. The van der Waals surface area contributed by atoms with E-state index < -0.39 is 0 Å². The van der Waals surface area contributed by atoms with Crippen molar-refractivity contribution in [3.05, 3.63) is 53.6 Å². The highest BCUT2D eigenvalue weighted by Crippen LogP contribution is 2.34. The molecule has 2 aromatic carbocycles. The summed E-state index contributed by atoms with van der Waals surface area (Å²) in [7, 11) is 0. The zero-order valence-corrected chi connectivity index (χ0v) is 12.3. The van der Waals surface area contributed by atoms with Crippen LogP contribution in [-0.2, 0) is 0 Å². The second-order valence-corrected chi connectivity index (χ2v) is 4.95. The quantitative estimate of drug-likeness (QED) is 0.723. The van der Waals surface area contributed by atoms with Gasteiger partial charge < -0.3 is 15.3 Å². The number of aromatic hydroxyl groups is 3. The molecule has 0 aliphatic carbocycles. The number of benzene rings is 2. The normalized spacial score (nSPS) is 12.1. The zero-order valence-electron chi connectivity index (χ0n) is 12.3. The predicted molar refractivity (Wildman–Crippen MR) is 85.3 cm³/mol. The molecule has 3 N–H and O–H groups in total. The molecule has 0 bridgehead atoms. The number of allylic oxidation sites excluding steroid dienone is 2. The van der Waals surface area contributed by atoms with E-state index >= 15 is 0 Å². The minimum absolute atomic E-state index is 0.0529. The van der Waals surface area contributed by atoms with E-state index in [9.17, 15) is 15.3 Å². The van der Waals surface area contributed by atoms with Crippen LogP contribution in [0.25, 0.3) is 11.1 Å². The van der Waals surface area contributed by atoms with Crippen molar-refractivity contribution >= 4 is 11.1 Å². The summed E-state index contributed by atoms with van der Waals surface area (Å²) in [6.07, 6.45) is 1.61. The Balaban J connectivity index is 2.60. The number of phenols is 3. The summed E-state index contributed by atoms with van der Waals surface area (Å²) in [5.41, 5.74) is 4.08. The second-order valence-electron chi connectivity index (χ2n) is 4.95. The van der Waals surface area contributed by atoms with E-state index in [0.29, 0.717) is 0 Å². The summed E-state index contributed by atoms with van der Waals surface area (Å²) in [5, 5.41) is 28.8. The number of hydrogen-bond acceptors (Lipinski definition) is 3. The third-order valence-corrected chi connectivity index (χ3v) is 3.54. The van der Waals surface area contributed by atoms with E-state index in [1.807, 2.05) is 19.1 Å². The molecule has 0 atom stereocenters. The molecule has 3 nitrogen and oxygen atoms in total. The molecular weight excluding hydrogens is 264 g/mol. The van der Waals surface area contributed by atoms with Crippen molar-refractivity contribution < 1.29 is 15.3 Å². The van der Waals surface area contributed by atoms with E-state index in [0.717, 1.165) is 35.1 Å². The average Bonchev–Trinajstić information content (AvgIpc) is 2.44. The van der Waals surface area contributed by atoms with Crippen LogP contribution < -0.4 is 0 Å². The Labute approximate surface area is 124 Å². The monoisotopic (exact) mass is 284 g/mol. The van der Waals surface area contributed by atoms with Crippen LogP contribution >= 0.6 is 0 Å². The second kappa shape index (κ2) is 6.35. The highest BCUT2D eigenvalue weighted by atomic mass is 16.3. The molecule has 0 radical (unpaired) electrons. The summed E-state index contributed by atoms with van der Waals surface area (Å²) in [4.78, 5) is 0. The standard InChI is InChI=1S/C18H20O3/c1-3-17(12-5-7-14(19)8-6-12)18(4-2)13-9-15(20)11-16(21)10-13/h5-11,19-21H,3-4H2,1-2H3/b18-17+. The van der Waals surface area contributed by atoms with Gasteiger partial charge in [-0.15, -0.1) is 0 Å². The first-order chi connectivity index (χ1) is 10.0. The molecule has 3 heteroatoms. The molecule has 0 spiro atoms. The molecule has 0 saturated heterocycles. The highest BCUT2D eigenvalue weighted by Gasteiger charge is 2.11. The lowest BCUT2D eigenvalue weighted by atomic mass is 9.91. The lowest BCUT2D eigenvalue weighted by Crippen LogP contribution is -1.92. The maximum absolute atomic E-state index is 9.68. The summed E-state index contributed by atoms with van der Waals surface area (Å²) in [6.45, 7) is 4.12. The van der Waals surface area contributed by atoms with Gasteiger partial charge in [0.2, 0.25) is 0 Å². The predicted octanol–water partition coefficient (Wildman–Crippen LogP) is 4.53. The third kappa shape index (κ3) is 3.37. The molecule has 0 unspecified atom stereocenters. The van der Waals surface area contributed by atoms with E-state index in [1.54, 1.807) is 24.3 Å². The highest BCUT2D eigenvalue weighted by molar-refractivity contribution is 5.91. The number of hydrogen-bond donors (Lipinski definition) is 3. The topological polar surface area (TPSA) is 60.7 Å². The molecule has 0 saturated carbocycles. The first-order valence-electron chi connectivity index (χ1n) is 7.10. The fourth-order valence-electron chi connectivity index (χ4n) is 2.62. The lowest BCUT2D eigenvalue weighted by molar-refractivity contribution is 0.450. The van der Waals surface area contributed by atoms with Crippen molar-refractivity contribution in [3.8, 4) is 17.2 Å². The molecule has 0 aliphatic rings. The Kier molecular flexibility index (Phi) is 4.53. The van der Waals surface area contributed by atoms with Crippen LogP contribution in [-0.4, -0.2) is 15.3 Å². The minimum Gasteiger partial charge on any atom is -0.508 e. The number of rotatable bonds is 4. The molecule has 0 fully saturated rings. The fourth-order valence-corrected chi connectivity index (χ4v) is 2.62. The van der Waals surface area contributed by atoms with Crippen LogP contribution in [0.4, 0.5) is 0 Å². The molecule has 0 aromatic heterocycles.